The summed E-state index contributed by atoms with van der Waals surface area (Å²) in [6.45, 7) is 2.78. The molecule has 1 amide bonds. The fraction of sp³-hybridized carbons (Fsp3) is 0.462. The van der Waals surface area contributed by atoms with Gasteiger partial charge in [-0.2, -0.15) is 0 Å². The van der Waals surface area contributed by atoms with Crippen molar-refractivity contribution >= 4 is 6.09 Å². The highest BCUT2D eigenvalue weighted by Gasteiger charge is 2.20. The van der Waals surface area contributed by atoms with E-state index in [2.05, 4.69) is 5.32 Å². The molecule has 1 heterocycles. The Balaban J connectivity index is 1.65. The molecular weight excluding hydrogens is 254 g/mol. The van der Waals surface area contributed by atoms with E-state index in [0.29, 0.717) is 38.3 Å². The third kappa shape index (κ3) is 4.17. The number of cyclic esters (lactones) is 1. The van der Waals surface area contributed by atoms with Crippen LogP contribution in [0.4, 0.5) is 13.6 Å². The Hall–Kier alpha value is -1.69. The maximum absolute atomic E-state index is 12.9. The van der Waals surface area contributed by atoms with Crippen molar-refractivity contribution < 1.29 is 18.3 Å². The molecule has 6 heteroatoms. The summed E-state index contributed by atoms with van der Waals surface area (Å²) in [5.41, 5.74) is 0.568. The molecule has 0 bridgehead atoms. The highest BCUT2D eigenvalue weighted by atomic mass is 19.1. The summed E-state index contributed by atoms with van der Waals surface area (Å²) in [7, 11) is 0. The van der Waals surface area contributed by atoms with Crippen molar-refractivity contribution in [2.45, 2.75) is 13.0 Å². The van der Waals surface area contributed by atoms with Gasteiger partial charge in [-0.1, -0.05) is 0 Å². The lowest BCUT2D eigenvalue weighted by molar-refractivity contribution is 0.158. The number of nitrogens with one attached hydrogen (secondary N) is 1. The minimum Gasteiger partial charge on any atom is -0.448 e. The lowest BCUT2D eigenvalue weighted by Crippen LogP contribution is -2.28. The zero-order valence-electron chi connectivity index (χ0n) is 10.5. The van der Waals surface area contributed by atoms with Gasteiger partial charge in [0.05, 0.1) is 6.54 Å². The van der Waals surface area contributed by atoms with Crippen molar-refractivity contribution in [3.05, 3.63) is 35.4 Å². The Morgan fingerprint density at radius 1 is 1.26 bits per heavy atom. The number of rotatable bonds is 6. The number of benzene rings is 1. The summed E-state index contributed by atoms with van der Waals surface area (Å²) in [6, 6.07) is 3.45. The van der Waals surface area contributed by atoms with Crippen LogP contribution in [0.15, 0.2) is 18.2 Å². The third-order valence-electron chi connectivity index (χ3n) is 2.88. The smallest absolute Gasteiger partial charge is 0.409 e. The molecule has 1 aromatic carbocycles. The van der Waals surface area contributed by atoms with Gasteiger partial charge >= 0.3 is 6.09 Å². The van der Waals surface area contributed by atoms with Crippen LogP contribution in [0.5, 0.6) is 0 Å². The second-order valence-electron chi connectivity index (χ2n) is 4.41. The zero-order chi connectivity index (χ0) is 13.7. The summed E-state index contributed by atoms with van der Waals surface area (Å²) in [5, 5.41) is 3.08. The molecule has 0 saturated carbocycles. The highest BCUT2D eigenvalue weighted by molar-refractivity contribution is 5.69. The van der Waals surface area contributed by atoms with Crippen LogP contribution < -0.4 is 5.32 Å². The van der Waals surface area contributed by atoms with Gasteiger partial charge in [-0.15, -0.1) is 0 Å². The largest absolute Gasteiger partial charge is 0.448 e. The summed E-state index contributed by atoms with van der Waals surface area (Å²) in [6.07, 6.45) is 0.500. The molecule has 0 atom stereocenters. The van der Waals surface area contributed by atoms with Crippen molar-refractivity contribution in [2.75, 3.05) is 26.2 Å². The van der Waals surface area contributed by atoms with Crippen molar-refractivity contribution in [1.29, 1.82) is 0 Å². The molecule has 104 valence electrons. The lowest BCUT2D eigenvalue weighted by atomic mass is 10.2. The van der Waals surface area contributed by atoms with Crippen LogP contribution in [-0.2, 0) is 11.3 Å². The maximum Gasteiger partial charge on any atom is 0.409 e. The maximum atomic E-state index is 12.9. The predicted molar refractivity (Wildman–Crippen MR) is 65.6 cm³/mol. The standard InChI is InChI=1S/C13H16F2N2O2/c14-11-6-10(7-12(15)8-11)9-16-2-1-3-17-4-5-19-13(17)18/h6-8,16H,1-5,9H2. The molecule has 4 nitrogen and oxygen atoms in total. The van der Waals surface area contributed by atoms with Gasteiger partial charge < -0.3 is 15.0 Å². The van der Waals surface area contributed by atoms with Gasteiger partial charge in [-0.3, -0.25) is 0 Å². The van der Waals surface area contributed by atoms with Crippen molar-refractivity contribution in [3.8, 4) is 0 Å². The van der Waals surface area contributed by atoms with Crippen LogP contribution in [0.3, 0.4) is 0 Å². The van der Waals surface area contributed by atoms with Gasteiger partial charge in [0.1, 0.15) is 18.2 Å². The van der Waals surface area contributed by atoms with E-state index in [0.717, 1.165) is 12.5 Å². The van der Waals surface area contributed by atoms with E-state index < -0.39 is 11.6 Å². The van der Waals surface area contributed by atoms with E-state index in [4.69, 9.17) is 4.74 Å². The first kappa shape index (κ1) is 13.7. The summed E-state index contributed by atoms with van der Waals surface area (Å²) in [4.78, 5) is 12.8. The molecule has 2 rings (SSSR count). The Bertz CT molecular complexity index is 434. The molecule has 1 fully saturated rings. The van der Waals surface area contributed by atoms with Gasteiger partial charge in [0, 0.05) is 19.2 Å². The lowest BCUT2D eigenvalue weighted by Gasteiger charge is -2.12. The first-order valence-corrected chi connectivity index (χ1v) is 6.22. The molecule has 0 radical (unpaired) electrons. The molecule has 1 aliphatic heterocycles. The van der Waals surface area contributed by atoms with Crippen LogP contribution in [0.25, 0.3) is 0 Å². The van der Waals surface area contributed by atoms with Crippen molar-refractivity contribution in [2.24, 2.45) is 0 Å². The molecule has 1 aliphatic rings. The van der Waals surface area contributed by atoms with Crippen LogP contribution in [0.2, 0.25) is 0 Å². The first-order chi connectivity index (χ1) is 9.15. The number of carbonyl (C=O) groups excluding carboxylic acids is 1. The van der Waals surface area contributed by atoms with E-state index in [-0.39, 0.29) is 6.09 Å². The number of hydrogen-bond acceptors (Lipinski definition) is 3. The van der Waals surface area contributed by atoms with Gasteiger partial charge in [-0.25, -0.2) is 13.6 Å². The first-order valence-electron chi connectivity index (χ1n) is 6.22. The second-order valence-corrected chi connectivity index (χ2v) is 4.41. The molecule has 19 heavy (non-hydrogen) atoms. The average Bonchev–Trinajstić information content (AvgIpc) is 2.73. The summed E-state index contributed by atoms with van der Waals surface area (Å²) >= 11 is 0. The van der Waals surface area contributed by atoms with Gasteiger partial charge in [0.25, 0.3) is 0 Å². The van der Waals surface area contributed by atoms with E-state index in [1.807, 2.05) is 0 Å². The topological polar surface area (TPSA) is 41.6 Å². The number of nitrogens with zero attached hydrogens (tertiary/aromatic N) is 1. The third-order valence-corrected chi connectivity index (χ3v) is 2.88. The Labute approximate surface area is 110 Å². The number of hydrogen-bond donors (Lipinski definition) is 1. The number of halogens is 2. The number of amides is 1. The van der Waals surface area contributed by atoms with E-state index in [1.54, 1.807) is 4.90 Å². The Morgan fingerprint density at radius 3 is 2.63 bits per heavy atom. The van der Waals surface area contributed by atoms with Crippen molar-refractivity contribution in [1.82, 2.24) is 10.2 Å². The fourth-order valence-electron chi connectivity index (χ4n) is 1.97. The molecular formula is C13H16F2N2O2. The van der Waals surface area contributed by atoms with Crippen molar-refractivity contribution in [3.63, 3.8) is 0 Å². The fourth-order valence-corrected chi connectivity index (χ4v) is 1.97. The Kier molecular flexibility index (Phi) is 4.68. The molecule has 0 aliphatic carbocycles. The monoisotopic (exact) mass is 270 g/mol. The average molecular weight is 270 g/mol. The number of ether oxygens (including phenoxy) is 1. The predicted octanol–water partition coefficient (Wildman–Crippen LogP) is 1.90. The van der Waals surface area contributed by atoms with Crippen LogP contribution in [-0.4, -0.2) is 37.2 Å². The second kappa shape index (κ2) is 6.47. The minimum absolute atomic E-state index is 0.271. The summed E-state index contributed by atoms with van der Waals surface area (Å²) in [5.74, 6) is -1.15. The summed E-state index contributed by atoms with van der Waals surface area (Å²) < 4.78 is 30.7. The van der Waals surface area contributed by atoms with Crippen LogP contribution in [0.1, 0.15) is 12.0 Å². The quantitative estimate of drug-likeness (QED) is 0.803. The van der Waals surface area contributed by atoms with E-state index >= 15 is 0 Å². The molecule has 0 aromatic heterocycles. The highest BCUT2D eigenvalue weighted by Crippen LogP contribution is 2.07. The normalized spacial score (nSPS) is 14.8. The molecule has 1 saturated heterocycles. The molecule has 0 unspecified atom stereocenters. The molecule has 1 aromatic rings. The van der Waals surface area contributed by atoms with Gasteiger partial charge in [0.2, 0.25) is 0 Å². The van der Waals surface area contributed by atoms with Gasteiger partial charge in [0.15, 0.2) is 0 Å². The number of carbonyl (C=O) groups is 1. The molecule has 1 N–H and O–H groups in total. The van der Waals surface area contributed by atoms with Gasteiger partial charge in [-0.05, 0) is 30.7 Å². The SMILES string of the molecule is O=C1OCCN1CCCNCc1cc(F)cc(F)c1. The zero-order valence-corrected chi connectivity index (χ0v) is 10.5. The minimum atomic E-state index is -0.573. The van der Waals surface area contributed by atoms with E-state index in [1.165, 1.54) is 12.1 Å². The Morgan fingerprint density at radius 2 is 2.00 bits per heavy atom. The van der Waals surface area contributed by atoms with Crippen LogP contribution >= 0.6 is 0 Å². The van der Waals surface area contributed by atoms with Crippen LogP contribution in [0, 0.1) is 11.6 Å². The van der Waals surface area contributed by atoms with E-state index in [9.17, 15) is 13.6 Å². The molecule has 0 spiro atoms.